The molecule has 1 amide bonds. The number of hydrogen-bond acceptors (Lipinski definition) is 8. The van der Waals surface area contributed by atoms with Crippen LogP contribution < -0.4 is 0 Å². The van der Waals surface area contributed by atoms with Gasteiger partial charge in [0.2, 0.25) is 0 Å². The van der Waals surface area contributed by atoms with Crippen LogP contribution in [0.1, 0.15) is 28.9 Å². The average molecular weight is 584 g/mol. The lowest BCUT2D eigenvalue weighted by Crippen LogP contribution is -2.69. The highest BCUT2D eigenvalue weighted by Gasteiger charge is 2.50. The van der Waals surface area contributed by atoms with E-state index in [-0.39, 0.29) is 25.6 Å². The van der Waals surface area contributed by atoms with Crippen molar-refractivity contribution in [1.29, 1.82) is 5.26 Å². The zero-order valence-corrected chi connectivity index (χ0v) is 22.3. The Morgan fingerprint density at radius 3 is 2.81 bits per heavy atom. The molecule has 2 aliphatic heterocycles. The number of H-pyrrole nitrogens is 1. The second kappa shape index (κ2) is 10.4. The van der Waals surface area contributed by atoms with Crippen molar-refractivity contribution in [2.45, 2.75) is 36.7 Å². The molecule has 11 nitrogen and oxygen atoms in total. The fourth-order valence-corrected chi connectivity index (χ4v) is 5.95. The summed E-state index contributed by atoms with van der Waals surface area (Å²) in [6.45, 7) is 1.26. The Bertz CT molecular complexity index is 1670. The number of nitriles is 1. The van der Waals surface area contributed by atoms with E-state index in [2.05, 4.69) is 36.0 Å². The zero-order chi connectivity index (χ0) is 29.6. The molecule has 6 rings (SSSR count). The van der Waals surface area contributed by atoms with Crippen molar-refractivity contribution in [3.05, 3.63) is 60.3 Å². The summed E-state index contributed by atoms with van der Waals surface area (Å²) in [5.41, 5.74) is -0.775. The summed E-state index contributed by atoms with van der Waals surface area (Å²) in [6, 6.07) is 4.98. The van der Waals surface area contributed by atoms with E-state index in [1.54, 1.807) is 17.1 Å². The molecule has 0 aliphatic carbocycles. The number of carbonyl (C=O) groups is 1. The third kappa shape index (κ3) is 4.66. The number of piperidine rings is 1. The first kappa shape index (κ1) is 27.7. The quantitative estimate of drug-likeness (QED) is 0.343. The van der Waals surface area contributed by atoms with Crippen molar-refractivity contribution in [2.75, 3.05) is 33.3 Å². The molecule has 0 aromatic carbocycles. The van der Waals surface area contributed by atoms with Crippen molar-refractivity contribution in [2.24, 2.45) is 0 Å². The SMILES string of the molecule is COC1CN(C(=O)c2ccnc(C(F)(F)F)c2F)CCC1N1CC(CC#N)(n2cc(-c3ncnc4[nH]ccc34)cn2)C1. The summed E-state index contributed by atoms with van der Waals surface area (Å²) >= 11 is 0. The minimum Gasteiger partial charge on any atom is -0.378 e. The van der Waals surface area contributed by atoms with Crippen LogP contribution in [0.2, 0.25) is 0 Å². The number of carbonyl (C=O) groups excluding carboxylic acids is 1. The van der Waals surface area contributed by atoms with E-state index in [4.69, 9.17) is 4.74 Å². The minimum atomic E-state index is -5.02. The van der Waals surface area contributed by atoms with Crippen LogP contribution in [0, 0.1) is 17.1 Å². The molecule has 2 saturated heterocycles. The van der Waals surface area contributed by atoms with Crippen LogP contribution in [0.4, 0.5) is 17.6 Å². The van der Waals surface area contributed by atoms with Crippen LogP contribution in [0.15, 0.2) is 43.2 Å². The lowest BCUT2D eigenvalue weighted by Gasteiger charge is -2.55. The van der Waals surface area contributed by atoms with Crippen LogP contribution in [-0.2, 0) is 16.5 Å². The molecule has 2 fully saturated rings. The third-order valence-electron chi connectivity index (χ3n) is 8.07. The van der Waals surface area contributed by atoms with Gasteiger partial charge in [0.05, 0.1) is 36.0 Å². The highest BCUT2D eigenvalue weighted by molar-refractivity contribution is 5.94. The lowest BCUT2D eigenvalue weighted by molar-refractivity contribution is -0.143. The topological polar surface area (TPSA) is 129 Å². The van der Waals surface area contributed by atoms with E-state index in [1.807, 2.05) is 12.3 Å². The molecule has 1 N–H and O–H groups in total. The summed E-state index contributed by atoms with van der Waals surface area (Å²) in [6.07, 6.45) is 2.78. The van der Waals surface area contributed by atoms with Crippen LogP contribution in [0.25, 0.3) is 22.3 Å². The molecule has 42 heavy (non-hydrogen) atoms. The Labute approximate surface area is 236 Å². The van der Waals surface area contributed by atoms with Crippen LogP contribution in [0.5, 0.6) is 0 Å². The maximum Gasteiger partial charge on any atom is 0.436 e. The van der Waals surface area contributed by atoms with E-state index in [1.165, 1.54) is 18.3 Å². The van der Waals surface area contributed by atoms with Crippen molar-refractivity contribution >= 4 is 16.9 Å². The fourth-order valence-electron chi connectivity index (χ4n) is 5.95. The number of amides is 1. The van der Waals surface area contributed by atoms with Crippen LogP contribution in [-0.4, -0.2) is 90.9 Å². The summed E-state index contributed by atoms with van der Waals surface area (Å²) in [4.78, 5) is 31.3. The smallest absolute Gasteiger partial charge is 0.378 e. The van der Waals surface area contributed by atoms with Gasteiger partial charge in [-0.1, -0.05) is 0 Å². The molecule has 4 aromatic heterocycles. The Morgan fingerprint density at radius 2 is 2.07 bits per heavy atom. The van der Waals surface area contributed by atoms with Gasteiger partial charge >= 0.3 is 6.18 Å². The Morgan fingerprint density at radius 1 is 1.26 bits per heavy atom. The summed E-state index contributed by atoms with van der Waals surface area (Å²) in [7, 11) is 1.49. The maximum atomic E-state index is 14.6. The molecule has 2 unspecified atom stereocenters. The third-order valence-corrected chi connectivity index (χ3v) is 8.07. The molecule has 218 valence electrons. The average Bonchev–Trinajstić information content (AvgIpc) is 3.64. The van der Waals surface area contributed by atoms with Gasteiger partial charge < -0.3 is 14.6 Å². The minimum absolute atomic E-state index is 0.0666. The number of nitrogens with zero attached hydrogens (tertiary/aromatic N) is 8. The number of rotatable bonds is 6. The van der Waals surface area contributed by atoms with E-state index in [9.17, 15) is 27.6 Å². The maximum absolute atomic E-state index is 14.6. The van der Waals surface area contributed by atoms with Gasteiger partial charge in [-0.25, -0.2) is 19.3 Å². The molecule has 2 aliphatic rings. The van der Waals surface area contributed by atoms with E-state index >= 15 is 0 Å². The number of pyridine rings is 1. The molecular formula is C27H25F4N9O2. The summed E-state index contributed by atoms with van der Waals surface area (Å²) < 4.78 is 61.5. The Hall–Kier alpha value is -4.42. The van der Waals surface area contributed by atoms with Crippen molar-refractivity contribution < 1.29 is 27.1 Å². The van der Waals surface area contributed by atoms with Gasteiger partial charge in [0.1, 0.15) is 17.5 Å². The number of fused-ring (bicyclic) bond motifs is 1. The van der Waals surface area contributed by atoms with Gasteiger partial charge in [-0.3, -0.25) is 14.4 Å². The van der Waals surface area contributed by atoms with Crippen LogP contribution >= 0.6 is 0 Å². The highest BCUT2D eigenvalue weighted by Crippen LogP contribution is 2.38. The molecule has 0 saturated carbocycles. The van der Waals surface area contributed by atoms with Gasteiger partial charge in [-0.15, -0.1) is 0 Å². The molecular weight excluding hydrogens is 558 g/mol. The highest BCUT2D eigenvalue weighted by atomic mass is 19.4. The van der Waals surface area contributed by atoms with E-state index < -0.39 is 40.8 Å². The molecule has 0 spiro atoms. The van der Waals surface area contributed by atoms with Crippen LogP contribution in [0.3, 0.4) is 0 Å². The molecule has 0 radical (unpaired) electrons. The predicted molar refractivity (Wildman–Crippen MR) is 139 cm³/mol. The second-order valence-electron chi connectivity index (χ2n) is 10.5. The number of methoxy groups -OCH3 is 1. The summed E-state index contributed by atoms with van der Waals surface area (Å²) in [5.74, 6) is -2.54. The molecule has 0 bridgehead atoms. The number of ether oxygens (including phenoxy) is 1. The van der Waals surface area contributed by atoms with Gasteiger partial charge in [0, 0.05) is 68.9 Å². The van der Waals surface area contributed by atoms with Gasteiger partial charge in [0.15, 0.2) is 11.5 Å². The van der Waals surface area contributed by atoms with E-state index in [0.717, 1.165) is 28.9 Å². The Balaban J connectivity index is 1.17. The largest absolute Gasteiger partial charge is 0.436 e. The van der Waals surface area contributed by atoms with Crippen molar-refractivity contribution in [1.82, 2.24) is 39.5 Å². The number of aromatic nitrogens is 6. The lowest BCUT2D eigenvalue weighted by atomic mass is 9.83. The van der Waals surface area contributed by atoms with E-state index in [0.29, 0.717) is 25.2 Å². The van der Waals surface area contributed by atoms with Crippen molar-refractivity contribution in [3.8, 4) is 17.3 Å². The second-order valence-corrected chi connectivity index (χ2v) is 10.5. The predicted octanol–water partition coefficient (Wildman–Crippen LogP) is 3.23. The first-order valence-corrected chi connectivity index (χ1v) is 13.1. The fraction of sp³-hybridized carbons (Fsp3) is 0.407. The monoisotopic (exact) mass is 583 g/mol. The number of nitrogens with one attached hydrogen (secondary N) is 1. The molecule has 6 heterocycles. The van der Waals surface area contributed by atoms with Gasteiger partial charge in [-0.05, 0) is 18.6 Å². The number of halogens is 4. The van der Waals surface area contributed by atoms with Gasteiger partial charge in [-0.2, -0.15) is 23.5 Å². The number of likely N-dealkylation sites (tertiary alicyclic amines) is 2. The first-order chi connectivity index (χ1) is 20.1. The zero-order valence-electron chi connectivity index (χ0n) is 22.3. The van der Waals surface area contributed by atoms with Gasteiger partial charge in [0.25, 0.3) is 5.91 Å². The molecule has 15 heteroatoms. The first-order valence-electron chi connectivity index (χ1n) is 13.1. The number of hydrogen-bond donors (Lipinski definition) is 1. The molecule has 2 atom stereocenters. The summed E-state index contributed by atoms with van der Waals surface area (Å²) in [5, 5.41) is 15.1. The Kier molecular flexibility index (Phi) is 6.90. The number of aromatic amines is 1. The van der Waals surface area contributed by atoms with Crippen molar-refractivity contribution in [3.63, 3.8) is 0 Å². The normalized spacial score (nSPS) is 20.8. The standard InChI is InChI=1S/C27H25F4N9O2/c1-42-20-12-38(25(41)17-2-7-33-23(21(17)28)27(29,30)31)9-4-19(20)39-13-26(14-39,5-6-32)40-11-16(10-37-40)22-18-3-8-34-24(18)36-15-35-22/h2-3,7-8,10-11,15,19-20H,4-5,9,12-14H2,1H3,(H,34,35,36). The number of alkyl halides is 3. The molecule has 4 aromatic rings.